The van der Waals surface area contributed by atoms with Crippen molar-refractivity contribution in [1.82, 2.24) is 0 Å². The Hall–Kier alpha value is -0.950. The zero-order chi connectivity index (χ0) is 10.0. The Bertz CT molecular complexity index is 371. The Balaban J connectivity index is 3.28. The number of rotatable bonds is 1. The van der Waals surface area contributed by atoms with Crippen molar-refractivity contribution in [1.29, 1.82) is 5.26 Å². The third kappa shape index (κ3) is 1.86. The highest BCUT2D eigenvalue weighted by Crippen LogP contribution is 2.26. The fourth-order valence-electron chi connectivity index (χ4n) is 0.945. The molecule has 0 N–H and O–H groups in total. The van der Waals surface area contributed by atoms with Gasteiger partial charge in [0.25, 0.3) is 0 Å². The average molecular weight is 246 g/mol. The first-order chi connectivity index (χ1) is 6.07. The van der Waals surface area contributed by atoms with Gasteiger partial charge in [0.05, 0.1) is 16.5 Å². The summed E-state index contributed by atoms with van der Waals surface area (Å²) in [6, 6.07) is 4.30. The molecule has 4 heteroatoms. The van der Waals surface area contributed by atoms with Crippen molar-refractivity contribution in [3.8, 4) is 6.07 Å². The van der Waals surface area contributed by atoms with E-state index in [1.165, 1.54) is 6.07 Å². The van der Waals surface area contributed by atoms with Gasteiger partial charge < -0.3 is 0 Å². The van der Waals surface area contributed by atoms with Crippen LogP contribution in [-0.4, -0.2) is 0 Å². The molecule has 13 heavy (non-hydrogen) atoms. The van der Waals surface area contributed by atoms with Crippen molar-refractivity contribution in [2.45, 2.75) is 12.8 Å². The van der Waals surface area contributed by atoms with Crippen LogP contribution in [0.1, 0.15) is 18.4 Å². The molecule has 0 radical (unpaired) electrons. The van der Waals surface area contributed by atoms with Crippen LogP contribution in [0.3, 0.4) is 0 Å². The van der Waals surface area contributed by atoms with Crippen LogP contribution in [0.5, 0.6) is 0 Å². The Morgan fingerprint density at radius 1 is 1.46 bits per heavy atom. The maximum atomic E-state index is 13.3. The molecule has 0 fully saturated rings. The van der Waals surface area contributed by atoms with Crippen molar-refractivity contribution in [3.63, 3.8) is 0 Å². The highest BCUT2D eigenvalue weighted by atomic mass is 79.9. The van der Waals surface area contributed by atoms with Gasteiger partial charge in [0.2, 0.25) is 0 Å². The molecule has 0 aliphatic rings. The van der Waals surface area contributed by atoms with Gasteiger partial charge in [-0.05, 0) is 28.9 Å². The van der Waals surface area contributed by atoms with Gasteiger partial charge in [-0.3, -0.25) is 0 Å². The molecule has 1 aromatic carbocycles. The van der Waals surface area contributed by atoms with Crippen molar-refractivity contribution >= 4 is 15.9 Å². The molecule has 0 bridgehead atoms. The third-order valence-electron chi connectivity index (χ3n) is 1.73. The van der Waals surface area contributed by atoms with Crippen molar-refractivity contribution in [2.75, 3.05) is 0 Å². The van der Waals surface area contributed by atoms with E-state index in [1.807, 2.05) is 6.07 Å². The van der Waals surface area contributed by atoms with E-state index in [4.69, 9.17) is 5.26 Å². The highest BCUT2D eigenvalue weighted by molar-refractivity contribution is 9.10. The maximum Gasteiger partial charge on any atom is 0.144 e. The van der Waals surface area contributed by atoms with Gasteiger partial charge in [0.15, 0.2) is 0 Å². The van der Waals surface area contributed by atoms with Crippen molar-refractivity contribution in [3.05, 3.63) is 33.8 Å². The number of hydrogen-bond acceptors (Lipinski definition) is 1. The molecule has 0 aromatic heterocycles. The van der Waals surface area contributed by atoms with Crippen molar-refractivity contribution < 1.29 is 8.78 Å². The fourth-order valence-corrected chi connectivity index (χ4v) is 1.31. The average Bonchev–Trinajstić information content (AvgIpc) is 2.13. The predicted molar refractivity (Wildman–Crippen MR) is 48.1 cm³/mol. The Kier molecular flexibility index (Phi) is 2.99. The van der Waals surface area contributed by atoms with Crippen LogP contribution in [-0.2, 0) is 0 Å². The Labute approximate surface area is 83.1 Å². The largest absolute Gasteiger partial charge is 0.206 e. The van der Waals surface area contributed by atoms with E-state index in [-0.39, 0.29) is 10.0 Å². The van der Waals surface area contributed by atoms with Crippen LogP contribution in [0, 0.1) is 23.0 Å². The molecule has 0 saturated heterocycles. The lowest BCUT2D eigenvalue weighted by molar-refractivity contribution is 0.559. The second kappa shape index (κ2) is 3.84. The number of nitrogens with zero attached hydrogens (tertiary/aromatic N) is 1. The first-order valence-corrected chi connectivity index (χ1v) is 4.40. The summed E-state index contributed by atoms with van der Waals surface area (Å²) >= 11 is 2.77. The first kappa shape index (κ1) is 10.1. The van der Waals surface area contributed by atoms with Gasteiger partial charge in [0, 0.05) is 5.56 Å². The van der Waals surface area contributed by atoms with Crippen LogP contribution in [0.15, 0.2) is 16.6 Å². The number of hydrogen-bond donors (Lipinski definition) is 0. The minimum Gasteiger partial charge on any atom is -0.206 e. The van der Waals surface area contributed by atoms with E-state index in [1.54, 1.807) is 6.92 Å². The summed E-state index contributed by atoms with van der Waals surface area (Å²) in [5.41, 5.74) is 0.204. The standard InChI is InChI=1S/C9H6BrF2N/c1-5(4-13)6-2-3-7(11)8(10)9(6)12/h2-3,5H,1H3. The smallest absolute Gasteiger partial charge is 0.144 e. The summed E-state index contributed by atoms with van der Waals surface area (Å²) in [6.07, 6.45) is 0. The summed E-state index contributed by atoms with van der Waals surface area (Å²) in [7, 11) is 0. The Morgan fingerprint density at radius 3 is 2.62 bits per heavy atom. The van der Waals surface area contributed by atoms with Gasteiger partial charge >= 0.3 is 0 Å². The minimum absolute atomic E-state index is 0.204. The van der Waals surface area contributed by atoms with Crippen LogP contribution in [0.25, 0.3) is 0 Å². The molecular weight excluding hydrogens is 240 g/mol. The number of benzene rings is 1. The summed E-state index contributed by atoms with van der Waals surface area (Å²) in [4.78, 5) is 0. The van der Waals surface area contributed by atoms with Crippen LogP contribution in [0.4, 0.5) is 8.78 Å². The summed E-state index contributed by atoms with van der Waals surface area (Å²) in [5.74, 6) is -1.93. The monoisotopic (exact) mass is 245 g/mol. The second-order valence-corrected chi connectivity index (χ2v) is 3.41. The van der Waals surface area contributed by atoms with E-state index >= 15 is 0 Å². The molecule has 1 nitrogen and oxygen atoms in total. The summed E-state index contributed by atoms with van der Waals surface area (Å²) in [6.45, 7) is 1.56. The third-order valence-corrected chi connectivity index (χ3v) is 2.45. The maximum absolute atomic E-state index is 13.3. The van der Waals surface area contributed by atoms with E-state index in [2.05, 4.69) is 15.9 Å². The van der Waals surface area contributed by atoms with Crippen LogP contribution in [0.2, 0.25) is 0 Å². The zero-order valence-electron chi connectivity index (χ0n) is 6.81. The Morgan fingerprint density at radius 2 is 2.08 bits per heavy atom. The second-order valence-electron chi connectivity index (χ2n) is 2.62. The van der Waals surface area contributed by atoms with Crippen molar-refractivity contribution in [2.24, 2.45) is 0 Å². The topological polar surface area (TPSA) is 23.8 Å². The molecule has 0 spiro atoms. The molecule has 1 rings (SSSR count). The van der Waals surface area contributed by atoms with Crippen LogP contribution < -0.4 is 0 Å². The molecule has 68 valence electrons. The number of nitriles is 1. The zero-order valence-corrected chi connectivity index (χ0v) is 8.40. The highest BCUT2D eigenvalue weighted by Gasteiger charge is 2.15. The fraction of sp³-hybridized carbons (Fsp3) is 0.222. The molecule has 0 saturated carbocycles. The first-order valence-electron chi connectivity index (χ1n) is 3.61. The molecule has 0 aliphatic heterocycles. The van der Waals surface area contributed by atoms with Gasteiger partial charge in [-0.15, -0.1) is 0 Å². The minimum atomic E-state index is -0.700. The normalized spacial score (nSPS) is 12.2. The molecule has 0 amide bonds. The van der Waals surface area contributed by atoms with E-state index in [0.29, 0.717) is 0 Å². The molecule has 1 unspecified atom stereocenters. The lowest BCUT2D eigenvalue weighted by atomic mass is 10.0. The summed E-state index contributed by atoms with van der Waals surface area (Å²) < 4.78 is 25.8. The quantitative estimate of drug-likeness (QED) is 0.697. The predicted octanol–water partition coefficient (Wildman–Crippen LogP) is 3.35. The molecule has 0 aliphatic carbocycles. The van der Waals surface area contributed by atoms with Gasteiger partial charge in [-0.1, -0.05) is 6.07 Å². The molecule has 0 heterocycles. The van der Waals surface area contributed by atoms with E-state index in [9.17, 15) is 8.78 Å². The molecule has 1 atom stereocenters. The molecular formula is C9H6BrF2N. The SMILES string of the molecule is CC(C#N)c1ccc(F)c(Br)c1F. The lowest BCUT2D eigenvalue weighted by Gasteiger charge is -2.06. The lowest BCUT2D eigenvalue weighted by Crippen LogP contribution is -1.97. The van der Waals surface area contributed by atoms with E-state index in [0.717, 1.165) is 6.07 Å². The summed E-state index contributed by atoms with van der Waals surface area (Å²) in [5, 5.41) is 8.55. The van der Waals surface area contributed by atoms with Gasteiger partial charge in [0.1, 0.15) is 11.6 Å². The van der Waals surface area contributed by atoms with Gasteiger partial charge in [-0.2, -0.15) is 5.26 Å². The molecule has 1 aromatic rings. The van der Waals surface area contributed by atoms with Crippen LogP contribution >= 0.6 is 15.9 Å². The van der Waals surface area contributed by atoms with Gasteiger partial charge in [-0.25, -0.2) is 8.78 Å². The number of halogens is 3. The van der Waals surface area contributed by atoms with E-state index < -0.39 is 17.6 Å².